The summed E-state index contributed by atoms with van der Waals surface area (Å²) in [5, 5.41) is 7.71. The summed E-state index contributed by atoms with van der Waals surface area (Å²) in [6, 6.07) is 4.64. The number of nitrogens with one attached hydrogen (secondary N) is 2. The zero-order valence-corrected chi connectivity index (χ0v) is 19.8. The molecule has 176 valence electrons. The van der Waals surface area contributed by atoms with Gasteiger partial charge in [-0.1, -0.05) is 24.6 Å². The van der Waals surface area contributed by atoms with Crippen molar-refractivity contribution in [1.29, 1.82) is 0 Å². The number of benzene rings is 1. The summed E-state index contributed by atoms with van der Waals surface area (Å²) < 4.78 is 21.1. The minimum absolute atomic E-state index is 0.0306. The fourth-order valence-corrected chi connectivity index (χ4v) is 6.17. The lowest BCUT2D eigenvalue weighted by molar-refractivity contribution is -0.150. The standard InChI is InChI=1S/C24H34ClFN4O2/c1-13-14(2)27-23-22(18-5-4-17(25)9-19(18)26)28-20(12-30(23)24(13)31)15-6-7-32-21(8-15)16-10-29(3)11-16/h4-5,9,13-16,20-23,27-28H,6-8,10-12H2,1-3H3. The van der Waals surface area contributed by atoms with Crippen LogP contribution in [0.2, 0.25) is 5.02 Å². The average molecular weight is 465 g/mol. The van der Waals surface area contributed by atoms with Gasteiger partial charge in [0.1, 0.15) is 12.0 Å². The highest BCUT2D eigenvalue weighted by Gasteiger charge is 2.48. The van der Waals surface area contributed by atoms with E-state index in [1.54, 1.807) is 12.1 Å². The highest BCUT2D eigenvalue weighted by Crippen LogP contribution is 2.37. The molecule has 0 saturated carbocycles. The average Bonchev–Trinajstić information content (AvgIpc) is 2.75. The first kappa shape index (κ1) is 22.5. The zero-order valence-electron chi connectivity index (χ0n) is 19.1. The number of piperazine rings is 1. The van der Waals surface area contributed by atoms with E-state index < -0.39 is 0 Å². The Morgan fingerprint density at radius 2 is 1.94 bits per heavy atom. The van der Waals surface area contributed by atoms with Gasteiger partial charge in [0.15, 0.2) is 0 Å². The first-order chi connectivity index (χ1) is 15.3. The van der Waals surface area contributed by atoms with E-state index >= 15 is 4.39 Å². The number of rotatable bonds is 3. The maximum atomic E-state index is 15.0. The molecule has 4 heterocycles. The summed E-state index contributed by atoms with van der Waals surface area (Å²) in [6.45, 7) is 7.56. The van der Waals surface area contributed by atoms with Crippen molar-refractivity contribution in [2.24, 2.45) is 17.8 Å². The van der Waals surface area contributed by atoms with Gasteiger partial charge < -0.3 is 19.9 Å². The lowest BCUT2D eigenvalue weighted by atomic mass is 9.79. The third kappa shape index (κ3) is 4.07. The topological polar surface area (TPSA) is 56.8 Å². The molecular weight excluding hydrogens is 431 g/mol. The maximum Gasteiger partial charge on any atom is 0.228 e. The second kappa shape index (κ2) is 8.84. The van der Waals surface area contributed by atoms with Crippen LogP contribution in [0.5, 0.6) is 0 Å². The van der Waals surface area contributed by atoms with Crippen molar-refractivity contribution in [2.45, 2.75) is 57.1 Å². The van der Waals surface area contributed by atoms with Crippen molar-refractivity contribution < 1.29 is 13.9 Å². The molecule has 7 unspecified atom stereocenters. The van der Waals surface area contributed by atoms with Crippen molar-refractivity contribution in [1.82, 2.24) is 20.4 Å². The molecule has 8 heteroatoms. The molecule has 1 aromatic carbocycles. The number of carbonyl (C=O) groups is 1. The Balaban J connectivity index is 1.41. The van der Waals surface area contributed by atoms with E-state index in [4.69, 9.17) is 16.3 Å². The fraction of sp³-hybridized carbons (Fsp3) is 0.708. The predicted molar refractivity (Wildman–Crippen MR) is 122 cm³/mol. The fourth-order valence-electron chi connectivity index (χ4n) is 6.01. The molecule has 4 aliphatic rings. The summed E-state index contributed by atoms with van der Waals surface area (Å²) in [5.74, 6) is 0.687. The monoisotopic (exact) mass is 464 g/mol. The van der Waals surface area contributed by atoms with E-state index in [-0.39, 0.29) is 48.0 Å². The minimum Gasteiger partial charge on any atom is -0.378 e. The van der Waals surface area contributed by atoms with E-state index in [9.17, 15) is 4.79 Å². The van der Waals surface area contributed by atoms with Gasteiger partial charge in [-0.15, -0.1) is 0 Å². The molecular formula is C24H34ClFN4O2. The third-order valence-electron chi connectivity index (χ3n) is 8.14. The van der Waals surface area contributed by atoms with Crippen LogP contribution in [0.15, 0.2) is 18.2 Å². The molecule has 7 atom stereocenters. The normalized spacial score (nSPS) is 39.0. The number of nitrogens with zero attached hydrogens (tertiary/aromatic N) is 2. The van der Waals surface area contributed by atoms with Gasteiger partial charge in [0.2, 0.25) is 5.91 Å². The highest BCUT2D eigenvalue weighted by atomic mass is 35.5. The summed E-state index contributed by atoms with van der Waals surface area (Å²) >= 11 is 6.03. The van der Waals surface area contributed by atoms with Crippen LogP contribution in [0, 0.1) is 23.6 Å². The maximum absolute atomic E-state index is 15.0. The molecule has 0 spiro atoms. The van der Waals surface area contributed by atoms with E-state index in [1.807, 2.05) is 18.7 Å². The van der Waals surface area contributed by atoms with E-state index in [0.717, 1.165) is 32.5 Å². The second-order valence-corrected chi connectivity index (χ2v) is 10.7. The Labute approximate surface area is 194 Å². The van der Waals surface area contributed by atoms with Crippen molar-refractivity contribution in [3.8, 4) is 0 Å². The van der Waals surface area contributed by atoms with Gasteiger partial charge in [-0.2, -0.15) is 0 Å². The molecule has 6 nitrogen and oxygen atoms in total. The van der Waals surface area contributed by atoms with Crippen LogP contribution >= 0.6 is 11.6 Å². The van der Waals surface area contributed by atoms with Crippen molar-refractivity contribution >= 4 is 17.5 Å². The van der Waals surface area contributed by atoms with Crippen LogP contribution in [0.4, 0.5) is 4.39 Å². The van der Waals surface area contributed by atoms with Crippen LogP contribution in [0.3, 0.4) is 0 Å². The van der Waals surface area contributed by atoms with Gasteiger partial charge in [0, 0.05) is 54.8 Å². The van der Waals surface area contributed by atoms with Crippen LogP contribution in [-0.2, 0) is 9.53 Å². The molecule has 0 radical (unpaired) electrons. The lowest BCUT2D eigenvalue weighted by Gasteiger charge is -2.53. The number of fused-ring (bicyclic) bond motifs is 1. The molecule has 4 fully saturated rings. The Kier molecular flexibility index (Phi) is 6.22. The molecule has 2 N–H and O–H groups in total. The van der Waals surface area contributed by atoms with E-state index in [0.29, 0.717) is 29.0 Å². The Morgan fingerprint density at radius 3 is 2.66 bits per heavy atom. The van der Waals surface area contributed by atoms with Gasteiger partial charge >= 0.3 is 0 Å². The molecule has 4 saturated heterocycles. The molecule has 5 rings (SSSR count). The van der Waals surface area contributed by atoms with Crippen LogP contribution in [0.25, 0.3) is 0 Å². The number of amides is 1. The number of carbonyl (C=O) groups excluding carboxylic acids is 1. The number of hydrogen-bond donors (Lipinski definition) is 2. The summed E-state index contributed by atoms with van der Waals surface area (Å²) in [6.07, 6.45) is 1.93. The Morgan fingerprint density at radius 1 is 1.16 bits per heavy atom. The molecule has 1 aromatic rings. The third-order valence-corrected chi connectivity index (χ3v) is 8.37. The van der Waals surface area contributed by atoms with E-state index in [1.165, 1.54) is 6.07 Å². The Bertz CT molecular complexity index is 866. The predicted octanol–water partition coefficient (Wildman–Crippen LogP) is 2.63. The highest BCUT2D eigenvalue weighted by molar-refractivity contribution is 6.30. The first-order valence-corrected chi connectivity index (χ1v) is 12.3. The van der Waals surface area contributed by atoms with Gasteiger partial charge in [-0.05, 0) is 44.9 Å². The van der Waals surface area contributed by atoms with Crippen LogP contribution in [0.1, 0.15) is 38.3 Å². The summed E-state index contributed by atoms with van der Waals surface area (Å²) in [5.41, 5.74) is 0.556. The Hall–Kier alpha value is -1.25. The molecule has 0 bridgehead atoms. The van der Waals surface area contributed by atoms with Gasteiger partial charge in [0.05, 0.1) is 18.1 Å². The van der Waals surface area contributed by atoms with E-state index in [2.05, 4.69) is 22.6 Å². The first-order valence-electron chi connectivity index (χ1n) is 11.9. The second-order valence-electron chi connectivity index (χ2n) is 10.3. The van der Waals surface area contributed by atoms with Crippen molar-refractivity contribution in [2.75, 3.05) is 33.3 Å². The molecule has 0 aliphatic carbocycles. The lowest BCUT2D eigenvalue weighted by Crippen LogP contribution is -2.72. The number of hydrogen-bond acceptors (Lipinski definition) is 5. The SMILES string of the molecule is CC1NC2C(c3ccc(Cl)cc3F)NC(C3CCOC(C4CN(C)C4)C3)CN2C(=O)C1C. The quantitative estimate of drug-likeness (QED) is 0.720. The number of likely N-dealkylation sites (tertiary alicyclic amines) is 1. The van der Waals surface area contributed by atoms with Gasteiger partial charge in [-0.3, -0.25) is 10.1 Å². The molecule has 0 aromatic heterocycles. The van der Waals surface area contributed by atoms with Crippen LogP contribution in [-0.4, -0.2) is 73.3 Å². The summed E-state index contributed by atoms with van der Waals surface area (Å²) in [4.78, 5) is 17.6. The smallest absolute Gasteiger partial charge is 0.228 e. The van der Waals surface area contributed by atoms with Gasteiger partial charge in [-0.25, -0.2) is 4.39 Å². The van der Waals surface area contributed by atoms with Gasteiger partial charge in [0.25, 0.3) is 0 Å². The number of halogens is 2. The summed E-state index contributed by atoms with van der Waals surface area (Å²) in [7, 11) is 2.14. The van der Waals surface area contributed by atoms with Crippen molar-refractivity contribution in [3.63, 3.8) is 0 Å². The molecule has 32 heavy (non-hydrogen) atoms. The minimum atomic E-state index is -0.335. The van der Waals surface area contributed by atoms with Crippen molar-refractivity contribution in [3.05, 3.63) is 34.6 Å². The number of ether oxygens (including phenoxy) is 1. The molecule has 4 aliphatic heterocycles. The van der Waals surface area contributed by atoms with Crippen LogP contribution < -0.4 is 10.6 Å². The molecule has 1 amide bonds. The zero-order chi connectivity index (χ0) is 22.6. The largest absolute Gasteiger partial charge is 0.378 e.